The molecule has 1 amide bonds. The highest BCUT2D eigenvalue weighted by molar-refractivity contribution is 7.88. The van der Waals surface area contributed by atoms with E-state index >= 15 is 0 Å². The monoisotopic (exact) mass is 589 g/mol. The SMILES string of the molecule is CCCCCCCCCCCCCCCCCCC(C(=O)O)(C(CCCCC)(CCCCC)C(N)=O)S(=O)(=O)O. The van der Waals surface area contributed by atoms with Gasteiger partial charge in [0.2, 0.25) is 10.7 Å². The second-order valence-electron chi connectivity index (χ2n) is 12.0. The Kier molecular flexibility index (Phi) is 21.8. The van der Waals surface area contributed by atoms with Crippen molar-refractivity contribution in [2.45, 2.75) is 186 Å². The minimum Gasteiger partial charge on any atom is -0.480 e. The number of rotatable bonds is 29. The van der Waals surface area contributed by atoms with Crippen LogP contribution in [0.3, 0.4) is 0 Å². The molecule has 40 heavy (non-hydrogen) atoms. The predicted molar refractivity (Wildman–Crippen MR) is 166 cm³/mol. The average molecular weight is 590 g/mol. The number of primary amides is 1. The maximum absolute atomic E-state index is 13.0. The van der Waals surface area contributed by atoms with Gasteiger partial charge in [-0.3, -0.25) is 14.1 Å². The van der Waals surface area contributed by atoms with Crippen LogP contribution < -0.4 is 5.73 Å². The van der Waals surface area contributed by atoms with E-state index in [1.165, 1.54) is 70.6 Å². The van der Waals surface area contributed by atoms with Crippen molar-refractivity contribution in [1.82, 2.24) is 0 Å². The number of unbranched alkanes of at least 4 members (excludes halogenated alkanes) is 19. The Bertz CT molecular complexity index is 759. The summed E-state index contributed by atoms with van der Waals surface area (Å²) in [6.45, 7) is 6.20. The van der Waals surface area contributed by atoms with Crippen molar-refractivity contribution in [3.05, 3.63) is 0 Å². The number of hydrogen-bond donors (Lipinski definition) is 3. The van der Waals surface area contributed by atoms with Crippen LogP contribution in [0.4, 0.5) is 0 Å². The molecule has 0 fully saturated rings. The lowest BCUT2D eigenvalue weighted by Crippen LogP contribution is -2.64. The average Bonchev–Trinajstić information content (AvgIpc) is 2.89. The molecular formula is C32H63NO6S. The van der Waals surface area contributed by atoms with Crippen LogP contribution in [0.5, 0.6) is 0 Å². The van der Waals surface area contributed by atoms with Gasteiger partial charge in [0.25, 0.3) is 10.1 Å². The Labute approximate surface area is 246 Å². The highest BCUT2D eigenvalue weighted by atomic mass is 32.2. The second kappa shape index (κ2) is 22.4. The van der Waals surface area contributed by atoms with Crippen LogP contribution in [0.15, 0.2) is 0 Å². The third-order valence-electron chi connectivity index (χ3n) is 8.83. The van der Waals surface area contributed by atoms with Gasteiger partial charge in [-0.15, -0.1) is 0 Å². The number of carboxylic acids is 1. The molecule has 0 saturated carbocycles. The molecule has 238 valence electrons. The Balaban J connectivity index is 4.95. The van der Waals surface area contributed by atoms with Crippen LogP contribution in [0, 0.1) is 5.41 Å². The van der Waals surface area contributed by atoms with Crippen molar-refractivity contribution in [2.24, 2.45) is 11.1 Å². The third-order valence-corrected chi connectivity index (χ3v) is 10.5. The van der Waals surface area contributed by atoms with Gasteiger partial charge in [-0.05, 0) is 19.3 Å². The van der Waals surface area contributed by atoms with E-state index in [4.69, 9.17) is 5.73 Å². The molecule has 0 aromatic rings. The first kappa shape index (κ1) is 38.9. The van der Waals surface area contributed by atoms with Gasteiger partial charge < -0.3 is 10.8 Å². The number of carbonyl (C=O) groups excluding carboxylic acids is 1. The van der Waals surface area contributed by atoms with Crippen molar-refractivity contribution in [1.29, 1.82) is 0 Å². The maximum Gasteiger partial charge on any atom is 0.328 e. The minimum absolute atomic E-state index is 0.0465. The summed E-state index contributed by atoms with van der Waals surface area (Å²) in [7, 11) is -5.12. The molecular weight excluding hydrogens is 526 g/mol. The smallest absolute Gasteiger partial charge is 0.328 e. The van der Waals surface area contributed by atoms with Gasteiger partial charge in [-0.2, -0.15) is 8.42 Å². The lowest BCUT2D eigenvalue weighted by Gasteiger charge is -2.44. The predicted octanol–water partition coefficient (Wildman–Crippen LogP) is 8.98. The first-order chi connectivity index (χ1) is 19.1. The summed E-state index contributed by atoms with van der Waals surface area (Å²) in [5, 5.41) is 10.3. The standard InChI is InChI=1S/C32H63NO6S/c1-4-7-10-11-12-13-14-15-16-17-18-19-20-21-22-25-28-32(30(35)36,40(37,38)39)31(29(33)34,26-23-8-5-2)27-24-9-6-3/h4-28H2,1-3H3,(H2,33,34)(H,35,36)(H,37,38,39). The van der Waals surface area contributed by atoms with Crippen molar-refractivity contribution >= 4 is 22.0 Å². The number of amides is 1. The number of carboxylic acid groups (broad SMARTS) is 1. The molecule has 0 spiro atoms. The molecule has 4 N–H and O–H groups in total. The molecule has 0 rings (SSSR count). The number of aliphatic carboxylic acids is 1. The maximum atomic E-state index is 13.0. The van der Waals surface area contributed by atoms with E-state index in [9.17, 15) is 27.7 Å². The van der Waals surface area contributed by atoms with E-state index in [-0.39, 0.29) is 19.3 Å². The molecule has 0 aliphatic heterocycles. The summed E-state index contributed by atoms with van der Waals surface area (Å²) < 4.78 is 33.5. The number of hydrogen-bond acceptors (Lipinski definition) is 4. The second-order valence-corrected chi connectivity index (χ2v) is 13.7. The lowest BCUT2D eigenvalue weighted by molar-refractivity contribution is -0.151. The molecule has 0 heterocycles. The van der Waals surface area contributed by atoms with Gasteiger partial charge in [-0.25, -0.2) is 0 Å². The fourth-order valence-electron chi connectivity index (χ4n) is 6.29. The summed E-state index contributed by atoms with van der Waals surface area (Å²) in [5.41, 5.74) is 4.00. The van der Waals surface area contributed by atoms with Crippen molar-refractivity contribution in [3.8, 4) is 0 Å². The fourth-order valence-corrected chi connectivity index (χ4v) is 7.71. The highest BCUT2D eigenvalue weighted by Crippen LogP contribution is 2.49. The normalized spacial score (nSPS) is 13.8. The van der Waals surface area contributed by atoms with E-state index in [0.717, 1.165) is 44.9 Å². The summed E-state index contributed by atoms with van der Waals surface area (Å²) in [5.74, 6) is -2.60. The zero-order chi connectivity index (χ0) is 30.3. The molecule has 1 atom stereocenters. The first-order valence-electron chi connectivity index (χ1n) is 16.6. The fraction of sp³-hybridized carbons (Fsp3) is 0.938. The first-order valence-corrected chi connectivity index (χ1v) is 18.0. The Hall–Kier alpha value is -1.15. The van der Waals surface area contributed by atoms with Gasteiger partial charge in [0.15, 0.2) is 0 Å². The molecule has 0 bridgehead atoms. The molecule has 0 aromatic heterocycles. The van der Waals surface area contributed by atoms with Gasteiger partial charge in [-0.1, -0.05) is 162 Å². The molecule has 0 aliphatic carbocycles. The van der Waals surface area contributed by atoms with Crippen LogP contribution in [-0.4, -0.2) is 34.7 Å². The Morgan fingerprint density at radius 1 is 0.550 bits per heavy atom. The Morgan fingerprint density at radius 2 is 0.825 bits per heavy atom. The summed E-state index contributed by atoms with van der Waals surface area (Å²) in [6, 6.07) is 0. The third kappa shape index (κ3) is 13.2. The van der Waals surface area contributed by atoms with Crippen molar-refractivity contribution < 1.29 is 27.7 Å². The molecule has 0 radical (unpaired) electrons. The largest absolute Gasteiger partial charge is 0.480 e. The van der Waals surface area contributed by atoms with Crippen LogP contribution in [0.2, 0.25) is 0 Å². The molecule has 0 aliphatic rings. The molecule has 1 unspecified atom stereocenters. The number of nitrogens with two attached hydrogens (primary N) is 1. The van der Waals surface area contributed by atoms with Crippen LogP contribution in [0.1, 0.15) is 181 Å². The van der Waals surface area contributed by atoms with E-state index in [0.29, 0.717) is 25.7 Å². The van der Waals surface area contributed by atoms with Gasteiger partial charge in [0.05, 0.1) is 5.41 Å². The molecule has 8 heteroatoms. The molecule has 7 nitrogen and oxygen atoms in total. The van der Waals surface area contributed by atoms with Gasteiger partial charge in [0, 0.05) is 0 Å². The topological polar surface area (TPSA) is 135 Å². The Morgan fingerprint density at radius 3 is 1.10 bits per heavy atom. The van der Waals surface area contributed by atoms with Crippen LogP contribution in [-0.2, 0) is 19.7 Å². The summed E-state index contributed by atoms with van der Waals surface area (Å²) in [4.78, 5) is 25.7. The molecule has 0 aromatic carbocycles. The minimum atomic E-state index is -5.12. The molecule has 0 saturated heterocycles. The highest BCUT2D eigenvalue weighted by Gasteiger charge is 2.66. The van der Waals surface area contributed by atoms with Gasteiger partial charge >= 0.3 is 5.97 Å². The zero-order valence-electron chi connectivity index (χ0n) is 26.2. The van der Waals surface area contributed by atoms with Crippen LogP contribution >= 0.6 is 0 Å². The lowest BCUT2D eigenvalue weighted by atomic mass is 9.65. The van der Waals surface area contributed by atoms with Gasteiger partial charge in [0.1, 0.15) is 0 Å². The van der Waals surface area contributed by atoms with Crippen molar-refractivity contribution in [2.75, 3.05) is 0 Å². The van der Waals surface area contributed by atoms with Crippen molar-refractivity contribution in [3.63, 3.8) is 0 Å². The van der Waals surface area contributed by atoms with E-state index in [1.807, 2.05) is 13.8 Å². The quantitative estimate of drug-likeness (QED) is 0.0588. The van der Waals surface area contributed by atoms with E-state index in [2.05, 4.69) is 6.92 Å². The van der Waals surface area contributed by atoms with E-state index in [1.54, 1.807) is 0 Å². The summed E-state index contributed by atoms with van der Waals surface area (Å²) in [6.07, 6.45) is 22.2. The van der Waals surface area contributed by atoms with E-state index < -0.39 is 32.2 Å². The van der Waals surface area contributed by atoms with Crippen LogP contribution in [0.25, 0.3) is 0 Å². The zero-order valence-corrected chi connectivity index (χ0v) is 27.0. The summed E-state index contributed by atoms with van der Waals surface area (Å²) >= 11 is 0. The number of carbonyl (C=O) groups is 2.